The van der Waals surface area contributed by atoms with Gasteiger partial charge in [0.2, 0.25) is 5.91 Å². The molecule has 2 aromatic carbocycles. The van der Waals surface area contributed by atoms with Crippen LogP contribution in [0.5, 0.6) is 0 Å². The Morgan fingerprint density at radius 3 is 2.59 bits per heavy atom. The molecule has 1 amide bonds. The molecule has 1 heterocycles. The molecule has 0 spiro atoms. The second-order valence-corrected chi connectivity index (χ2v) is 7.67. The summed E-state index contributed by atoms with van der Waals surface area (Å²) in [5, 5.41) is 9.52. The smallest absolute Gasteiger partial charge is 0.221 e. The Bertz CT molecular complexity index is 898. The first-order valence-electron chi connectivity index (χ1n) is 11.0. The van der Waals surface area contributed by atoms with E-state index in [-0.39, 0.29) is 17.8 Å². The van der Waals surface area contributed by atoms with E-state index in [1.807, 2.05) is 43.3 Å². The second kappa shape index (κ2) is 12.2. The molecule has 7 nitrogen and oxygen atoms in total. The van der Waals surface area contributed by atoms with Gasteiger partial charge in [-0.3, -0.25) is 9.69 Å². The highest BCUT2D eigenvalue weighted by atomic mass is 19.1. The van der Waals surface area contributed by atoms with Crippen LogP contribution in [0, 0.1) is 5.82 Å². The van der Waals surface area contributed by atoms with E-state index < -0.39 is 0 Å². The number of ether oxygens (including phenoxy) is 1. The molecular formula is C24H32FN5O2. The van der Waals surface area contributed by atoms with Crippen molar-refractivity contribution < 1.29 is 13.9 Å². The highest BCUT2D eigenvalue weighted by molar-refractivity contribution is 5.88. The van der Waals surface area contributed by atoms with Crippen LogP contribution >= 0.6 is 0 Å². The van der Waals surface area contributed by atoms with E-state index in [1.165, 1.54) is 19.1 Å². The van der Waals surface area contributed by atoms with Crippen LogP contribution in [0.2, 0.25) is 0 Å². The maximum atomic E-state index is 13.5. The number of nitrogens with one attached hydrogen (secondary N) is 3. The van der Waals surface area contributed by atoms with Crippen molar-refractivity contribution in [3.8, 4) is 0 Å². The van der Waals surface area contributed by atoms with E-state index in [1.54, 1.807) is 0 Å². The molecule has 0 saturated carbocycles. The summed E-state index contributed by atoms with van der Waals surface area (Å²) in [5.74, 6) is 0.368. The molecule has 2 aromatic rings. The summed E-state index contributed by atoms with van der Waals surface area (Å²) < 4.78 is 19.0. The third-order valence-electron chi connectivity index (χ3n) is 5.22. The minimum atomic E-state index is -0.237. The van der Waals surface area contributed by atoms with Gasteiger partial charge in [0.15, 0.2) is 5.96 Å². The van der Waals surface area contributed by atoms with Crippen molar-refractivity contribution in [3.05, 3.63) is 65.5 Å². The van der Waals surface area contributed by atoms with E-state index in [0.717, 1.165) is 36.4 Å². The highest BCUT2D eigenvalue weighted by Gasteiger charge is 2.23. The zero-order chi connectivity index (χ0) is 22.8. The van der Waals surface area contributed by atoms with Crippen LogP contribution in [-0.2, 0) is 16.1 Å². The van der Waals surface area contributed by atoms with Crippen molar-refractivity contribution in [1.29, 1.82) is 0 Å². The first-order valence-corrected chi connectivity index (χ1v) is 11.0. The number of morpholine rings is 1. The van der Waals surface area contributed by atoms with Crippen LogP contribution in [0.4, 0.5) is 10.1 Å². The monoisotopic (exact) mass is 441 g/mol. The first kappa shape index (κ1) is 23.7. The van der Waals surface area contributed by atoms with Gasteiger partial charge in [-0.1, -0.05) is 24.3 Å². The average Bonchev–Trinajstić information content (AvgIpc) is 2.79. The number of carbonyl (C=O) groups is 1. The minimum absolute atomic E-state index is 0.0754. The number of rotatable bonds is 8. The average molecular weight is 442 g/mol. The Morgan fingerprint density at radius 2 is 1.91 bits per heavy atom. The number of carbonyl (C=O) groups excluding carboxylic acids is 1. The van der Waals surface area contributed by atoms with Crippen LogP contribution in [-0.4, -0.2) is 56.2 Å². The highest BCUT2D eigenvalue weighted by Crippen LogP contribution is 2.21. The maximum absolute atomic E-state index is 13.5. The van der Waals surface area contributed by atoms with Gasteiger partial charge in [-0.05, 0) is 42.3 Å². The number of aliphatic imine (C=N–C) groups is 1. The third kappa shape index (κ3) is 7.32. The lowest BCUT2D eigenvalue weighted by Crippen LogP contribution is -2.46. The summed E-state index contributed by atoms with van der Waals surface area (Å²) in [7, 11) is 0. The van der Waals surface area contributed by atoms with Gasteiger partial charge >= 0.3 is 0 Å². The molecule has 0 radical (unpaired) electrons. The van der Waals surface area contributed by atoms with E-state index >= 15 is 0 Å². The summed E-state index contributed by atoms with van der Waals surface area (Å²) in [6.45, 7) is 8.38. The standard InChI is InChI=1S/C24H32FN5O2/c1-3-26-24(27-16-19-5-4-6-22(15-19)29-18(2)31)28-17-23(30-11-13-32-14-12-30)20-7-9-21(25)10-8-20/h4-10,15,23H,3,11-14,16-17H2,1-2H3,(H,29,31)(H2,26,27,28). The lowest BCUT2D eigenvalue weighted by Gasteiger charge is -2.35. The number of guanidine groups is 1. The van der Waals surface area contributed by atoms with Gasteiger partial charge in [0.1, 0.15) is 5.82 Å². The number of amides is 1. The fourth-order valence-corrected chi connectivity index (χ4v) is 3.69. The Morgan fingerprint density at radius 1 is 1.16 bits per heavy atom. The summed E-state index contributed by atoms with van der Waals surface area (Å²) in [6.07, 6.45) is 0. The van der Waals surface area contributed by atoms with Crippen LogP contribution in [0.25, 0.3) is 0 Å². The van der Waals surface area contributed by atoms with E-state index in [2.05, 4.69) is 20.9 Å². The zero-order valence-electron chi connectivity index (χ0n) is 18.7. The van der Waals surface area contributed by atoms with Crippen molar-refractivity contribution in [3.63, 3.8) is 0 Å². The lowest BCUT2D eigenvalue weighted by molar-refractivity contribution is -0.114. The maximum Gasteiger partial charge on any atom is 0.221 e. The van der Waals surface area contributed by atoms with Crippen molar-refractivity contribution in [2.45, 2.75) is 26.4 Å². The predicted molar refractivity (Wildman–Crippen MR) is 125 cm³/mol. The molecule has 1 unspecified atom stereocenters. The number of hydrogen-bond donors (Lipinski definition) is 3. The number of anilines is 1. The van der Waals surface area contributed by atoms with Gasteiger partial charge in [0.25, 0.3) is 0 Å². The van der Waals surface area contributed by atoms with Crippen LogP contribution in [0.15, 0.2) is 53.5 Å². The summed E-state index contributed by atoms with van der Waals surface area (Å²) in [5.41, 5.74) is 2.81. The molecule has 8 heteroatoms. The predicted octanol–water partition coefficient (Wildman–Crippen LogP) is 2.91. The summed E-state index contributed by atoms with van der Waals surface area (Å²) >= 11 is 0. The summed E-state index contributed by atoms with van der Waals surface area (Å²) in [4.78, 5) is 18.4. The van der Waals surface area contributed by atoms with Crippen LogP contribution in [0.3, 0.4) is 0 Å². The second-order valence-electron chi connectivity index (χ2n) is 7.67. The molecule has 1 fully saturated rings. The molecule has 32 heavy (non-hydrogen) atoms. The van der Waals surface area contributed by atoms with Gasteiger partial charge < -0.3 is 20.7 Å². The normalized spacial score (nSPS) is 15.8. The minimum Gasteiger partial charge on any atom is -0.379 e. The van der Waals surface area contributed by atoms with Gasteiger partial charge in [0, 0.05) is 38.8 Å². The van der Waals surface area contributed by atoms with Gasteiger partial charge in [0.05, 0.1) is 25.8 Å². The Labute approximate surface area is 189 Å². The Balaban J connectivity index is 1.69. The molecule has 0 bridgehead atoms. The van der Waals surface area contributed by atoms with Gasteiger partial charge in [-0.15, -0.1) is 0 Å². The number of nitrogens with zero attached hydrogens (tertiary/aromatic N) is 2. The molecule has 0 aliphatic carbocycles. The Hall–Kier alpha value is -2.97. The SMILES string of the molecule is CCNC(=NCc1cccc(NC(C)=O)c1)NCC(c1ccc(F)cc1)N1CCOCC1. The lowest BCUT2D eigenvalue weighted by atomic mass is 10.0. The van der Waals surface area contributed by atoms with Gasteiger partial charge in [-0.25, -0.2) is 9.38 Å². The molecule has 172 valence electrons. The van der Waals surface area contributed by atoms with E-state index in [0.29, 0.717) is 32.3 Å². The third-order valence-corrected chi connectivity index (χ3v) is 5.22. The van der Waals surface area contributed by atoms with Crippen molar-refractivity contribution in [2.75, 3.05) is 44.7 Å². The van der Waals surface area contributed by atoms with Crippen molar-refractivity contribution in [2.24, 2.45) is 4.99 Å². The fourth-order valence-electron chi connectivity index (χ4n) is 3.69. The van der Waals surface area contributed by atoms with Crippen molar-refractivity contribution >= 4 is 17.6 Å². The van der Waals surface area contributed by atoms with Crippen molar-refractivity contribution in [1.82, 2.24) is 15.5 Å². The molecule has 3 rings (SSSR count). The Kier molecular flexibility index (Phi) is 9.01. The molecular weight excluding hydrogens is 409 g/mol. The number of hydrogen-bond acceptors (Lipinski definition) is 4. The quantitative estimate of drug-likeness (QED) is 0.434. The molecule has 3 N–H and O–H groups in total. The first-order chi connectivity index (χ1) is 15.5. The zero-order valence-corrected chi connectivity index (χ0v) is 18.7. The molecule has 0 aromatic heterocycles. The topological polar surface area (TPSA) is 78.0 Å². The van der Waals surface area contributed by atoms with E-state index in [9.17, 15) is 9.18 Å². The summed E-state index contributed by atoms with van der Waals surface area (Å²) in [6, 6.07) is 14.4. The van der Waals surface area contributed by atoms with Gasteiger partial charge in [-0.2, -0.15) is 0 Å². The molecule has 1 saturated heterocycles. The molecule has 1 aliphatic rings. The molecule has 1 aliphatic heterocycles. The van der Waals surface area contributed by atoms with Crippen LogP contribution < -0.4 is 16.0 Å². The van der Waals surface area contributed by atoms with E-state index in [4.69, 9.17) is 9.73 Å². The number of benzene rings is 2. The van der Waals surface area contributed by atoms with Crippen LogP contribution in [0.1, 0.15) is 31.0 Å². The molecule has 1 atom stereocenters. The number of halogens is 1. The largest absolute Gasteiger partial charge is 0.379 e. The fraction of sp³-hybridized carbons (Fsp3) is 0.417.